The number of anilines is 1. The first-order valence-electron chi connectivity index (χ1n) is 7.41. The van der Waals surface area contributed by atoms with Crippen molar-refractivity contribution in [3.63, 3.8) is 0 Å². The zero-order valence-electron chi connectivity index (χ0n) is 13.0. The molecule has 2 rings (SSSR count). The van der Waals surface area contributed by atoms with Gasteiger partial charge in [-0.1, -0.05) is 38.8 Å². The molecule has 6 heteroatoms. The van der Waals surface area contributed by atoms with Gasteiger partial charge in [-0.25, -0.2) is 9.40 Å². The average Bonchev–Trinajstić information content (AvgIpc) is 2.89. The summed E-state index contributed by atoms with van der Waals surface area (Å²) in [7, 11) is 0. The van der Waals surface area contributed by atoms with Crippen LogP contribution in [0.4, 0.5) is 10.1 Å². The van der Waals surface area contributed by atoms with Crippen LogP contribution in [0.15, 0.2) is 17.2 Å². The second kappa shape index (κ2) is 6.65. The number of carbonyl (C=O) groups is 1. The molecule has 22 heavy (non-hydrogen) atoms. The van der Waals surface area contributed by atoms with Crippen LogP contribution < -0.4 is 5.01 Å². The van der Waals surface area contributed by atoms with Crippen molar-refractivity contribution < 1.29 is 13.9 Å². The fourth-order valence-electron chi connectivity index (χ4n) is 2.47. The third-order valence-electron chi connectivity index (χ3n) is 3.77. The molecule has 0 radical (unpaired) electrons. The number of hydrogen-bond donors (Lipinski definition) is 0. The molecule has 0 aromatic heterocycles. The Bertz CT molecular complexity index is 592. The fourth-order valence-corrected chi connectivity index (χ4v) is 2.83. The molecule has 1 unspecified atom stereocenters. The predicted octanol–water partition coefficient (Wildman–Crippen LogP) is 4.47. The summed E-state index contributed by atoms with van der Waals surface area (Å²) >= 11 is 6.09. The highest BCUT2D eigenvalue weighted by Gasteiger charge is 2.43. The second-order valence-electron chi connectivity index (χ2n) is 5.70. The summed E-state index contributed by atoms with van der Waals surface area (Å²) in [6.45, 7) is 5.95. The number of ether oxygens (including phenoxy) is 1. The van der Waals surface area contributed by atoms with Crippen molar-refractivity contribution >= 4 is 30.0 Å². The smallest absolute Gasteiger partial charge is 0.259 e. The van der Waals surface area contributed by atoms with Crippen LogP contribution >= 0.6 is 11.6 Å². The minimum absolute atomic E-state index is 0.126. The van der Waals surface area contributed by atoms with Gasteiger partial charge in [-0.3, -0.25) is 4.79 Å². The number of unbranched alkanes of at least 4 members (excludes halogenated alkanes) is 1. The van der Waals surface area contributed by atoms with Crippen LogP contribution in [0.25, 0.3) is 0 Å². The van der Waals surface area contributed by atoms with Gasteiger partial charge in [0.15, 0.2) is 12.7 Å². The lowest BCUT2D eigenvalue weighted by Gasteiger charge is -2.31. The minimum atomic E-state index is -1.28. The lowest BCUT2D eigenvalue weighted by Crippen LogP contribution is -2.46. The summed E-state index contributed by atoms with van der Waals surface area (Å²) in [4.78, 5) is 11.6. The van der Waals surface area contributed by atoms with Gasteiger partial charge in [0.05, 0.1) is 0 Å². The van der Waals surface area contributed by atoms with Gasteiger partial charge in [-0.2, -0.15) is 0 Å². The van der Waals surface area contributed by atoms with Gasteiger partial charge in [-0.15, -0.1) is 5.10 Å². The summed E-state index contributed by atoms with van der Waals surface area (Å²) < 4.78 is 19.8. The molecule has 0 fully saturated rings. The van der Waals surface area contributed by atoms with Gasteiger partial charge < -0.3 is 4.74 Å². The van der Waals surface area contributed by atoms with E-state index in [1.807, 2.05) is 20.8 Å². The normalized spacial score (nSPS) is 20.5. The average molecular weight is 327 g/mol. The van der Waals surface area contributed by atoms with Crippen LogP contribution in [0.3, 0.4) is 0 Å². The third-order valence-corrected chi connectivity index (χ3v) is 4.09. The monoisotopic (exact) mass is 326 g/mol. The van der Waals surface area contributed by atoms with E-state index < -0.39 is 11.5 Å². The lowest BCUT2D eigenvalue weighted by molar-refractivity contribution is -0.121. The topological polar surface area (TPSA) is 41.9 Å². The number of halogens is 2. The van der Waals surface area contributed by atoms with Crippen LogP contribution in [0.5, 0.6) is 0 Å². The van der Waals surface area contributed by atoms with Crippen LogP contribution in [0.1, 0.15) is 51.5 Å². The molecule has 0 bridgehead atoms. The number of benzene rings is 1. The molecule has 0 spiro atoms. The van der Waals surface area contributed by atoms with Crippen LogP contribution in [-0.4, -0.2) is 18.4 Å². The van der Waals surface area contributed by atoms with Crippen molar-refractivity contribution in [3.8, 4) is 0 Å². The molecule has 0 amide bonds. The molecule has 1 atom stereocenters. The first-order valence-corrected chi connectivity index (χ1v) is 7.78. The third kappa shape index (κ3) is 2.95. The first-order chi connectivity index (χ1) is 10.4. The Kier molecular flexibility index (Phi) is 5.06. The molecule has 1 heterocycles. The van der Waals surface area contributed by atoms with Crippen molar-refractivity contribution in [1.82, 2.24) is 0 Å². The molecule has 0 saturated heterocycles. The summed E-state index contributed by atoms with van der Waals surface area (Å²) in [6.07, 6.45) is 3.97. The Morgan fingerprint density at radius 3 is 2.82 bits per heavy atom. The molecule has 0 saturated carbocycles. The van der Waals surface area contributed by atoms with Gasteiger partial charge in [0, 0.05) is 11.4 Å². The zero-order valence-corrected chi connectivity index (χ0v) is 13.7. The Balaban J connectivity index is 2.47. The van der Waals surface area contributed by atoms with Crippen molar-refractivity contribution in [3.05, 3.63) is 28.5 Å². The molecule has 1 aromatic carbocycles. The minimum Gasteiger partial charge on any atom is -0.447 e. The van der Waals surface area contributed by atoms with E-state index in [2.05, 4.69) is 5.10 Å². The Labute approximate surface area is 134 Å². The largest absolute Gasteiger partial charge is 0.447 e. The number of hydrogen-bond acceptors (Lipinski definition) is 4. The molecule has 0 aliphatic carbocycles. The van der Waals surface area contributed by atoms with E-state index in [4.69, 9.17) is 16.3 Å². The number of aldehydes is 1. The predicted molar refractivity (Wildman–Crippen MR) is 85.9 cm³/mol. The highest BCUT2D eigenvalue weighted by Crippen LogP contribution is 2.37. The van der Waals surface area contributed by atoms with Crippen LogP contribution in [0.2, 0.25) is 5.02 Å². The molecule has 1 aliphatic heterocycles. The van der Waals surface area contributed by atoms with E-state index in [0.717, 1.165) is 18.4 Å². The number of rotatable bonds is 6. The second-order valence-corrected chi connectivity index (χ2v) is 6.10. The summed E-state index contributed by atoms with van der Waals surface area (Å²) in [5.74, 6) is -0.402. The molecule has 120 valence electrons. The SMILES string of the molecule is CCCCC1(C=O)OC=NN1c1cc(C(C)C)c(Cl)cc1F. The van der Waals surface area contributed by atoms with Crippen LogP contribution in [-0.2, 0) is 9.53 Å². The summed E-state index contributed by atoms with van der Waals surface area (Å²) in [6, 6.07) is 2.90. The molecule has 4 nitrogen and oxygen atoms in total. The van der Waals surface area contributed by atoms with E-state index in [1.165, 1.54) is 17.5 Å². The number of nitrogens with zero attached hydrogens (tertiary/aromatic N) is 2. The van der Waals surface area contributed by atoms with Gasteiger partial charge in [-0.05, 0) is 30.0 Å². The number of carbonyl (C=O) groups excluding carboxylic acids is 1. The maximum Gasteiger partial charge on any atom is 0.259 e. The fraction of sp³-hybridized carbons (Fsp3) is 0.500. The van der Waals surface area contributed by atoms with Gasteiger partial charge in [0.25, 0.3) is 5.72 Å². The van der Waals surface area contributed by atoms with E-state index in [1.54, 1.807) is 6.07 Å². The summed E-state index contributed by atoms with van der Waals surface area (Å²) in [5, 5.41) is 5.73. The Morgan fingerprint density at radius 1 is 1.50 bits per heavy atom. The van der Waals surface area contributed by atoms with E-state index >= 15 is 0 Å². The van der Waals surface area contributed by atoms with E-state index in [9.17, 15) is 9.18 Å². The van der Waals surface area contributed by atoms with Crippen molar-refractivity contribution in [2.24, 2.45) is 5.10 Å². The first kappa shape index (κ1) is 16.7. The maximum atomic E-state index is 14.4. The van der Waals surface area contributed by atoms with Crippen molar-refractivity contribution in [1.29, 1.82) is 0 Å². The van der Waals surface area contributed by atoms with Crippen molar-refractivity contribution in [2.45, 2.75) is 51.7 Å². The quantitative estimate of drug-likeness (QED) is 0.724. The van der Waals surface area contributed by atoms with E-state index in [0.29, 0.717) is 17.7 Å². The maximum absolute atomic E-state index is 14.4. The summed E-state index contributed by atoms with van der Waals surface area (Å²) in [5.41, 5.74) is -0.278. The molecular formula is C16H20ClFN2O2. The molecule has 1 aromatic rings. The van der Waals surface area contributed by atoms with Crippen molar-refractivity contribution in [2.75, 3.05) is 5.01 Å². The molecular weight excluding hydrogens is 307 g/mol. The molecule has 1 aliphatic rings. The highest BCUT2D eigenvalue weighted by molar-refractivity contribution is 6.31. The van der Waals surface area contributed by atoms with Crippen LogP contribution in [0, 0.1) is 5.82 Å². The van der Waals surface area contributed by atoms with Gasteiger partial charge in [0.1, 0.15) is 11.5 Å². The standard InChI is InChI=1S/C16H20ClFN2O2/c1-4-5-6-16(9-21)20(19-10-22-16)15-7-12(11(2)3)13(17)8-14(15)18/h7-11H,4-6H2,1-3H3. The highest BCUT2D eigenvalue weighted by atomic mass is 35.5. The zero-order chi connectivity index (χ0) is 16.3. The molecule has 0 N–H and O–H groups in total. The lowest BCUT2D eigenvalue weighted by atomic mass is 10.0. The van der Waals surface area contributed by atoms with Gasteiger partial charge in [0.2, 0.25) is 0 Å². The van der Waals surface area contributed by atoms with Gasteiger partial charge >= 0.3 is 0 Å². The number of hydrazone groups is 1. The Morgan fingerprint density at radius 2 is 2.23 bits per heavy atom. The Hall–Kier alpha value is -1.62. The van der Waals surface area contributed by atoms with E-state index in [-0.39, 0.29) is 11.6 Å².